The van der Waals surface area contributed by atoms with E-state index in [0.717, 1.165) is 45.2 Å². The highest BCUT2D eigenvalue weighted by Gasteiger charge is 2.22. The van der Waals surface area contributed by atoms with E-state index in [1.807, 2.05) is 30.5 Å². The molecule has 1 atom stereocenters. The maximum Gasteiger partial charge on any atom is 0.262 e. The first-order valence-electron chi connectivity index (χ1n) is 10.1. The average molecular weight is 452 g/mol. The fourth-order valence-electron chi connectivity index (χ4n) is 3.73. The summed E-state index contributed by atoms with van der Waals surface area (Å²) in [4.78, 5) is 27.2. The molecule has 4 heterocycles. The standard InChI is InChI=1S/C22H21N5O2S2/c1-13-18-20(24-10-15-7-6-14-4-2-3-5-16(14)29-15)26-12-27-22(18)31-19(13)21(28)25-11-17-23-8-9-30-17/h2-5,8-9,12,15H,6-7,10-11H2,1H3,(H,25,28)(H,24,26,27)/t15-/m1/s1. The zero-order chi connectivity index (χ0) is 21.2. The zero-order valence-corrected chi connectivity index (χ0v) is 18.6. The van der Waals surface area contributed by atoms with Crippen molar-refractivity contribution < 1.29 is 9.53 Å². The lowest BCUT2D eigenvalue weighted by molar-refractivity contribution is 0.0954. The molecule has 4 aromatic rings. The molecule has 3 aromatic heterocycles. The summed E-state index contributed by atoms with van der Waals surface area (Å²) in [5.41, 5.74) is 2.14. The highest BCUT2D eigenvalue weighted by atomic mass is 32.1. The lowest BCUT2D eigenvalue weighted by atomic mass is 10.0. The topological polar surface area (TPSA) is 89.0 Å². The second-order valence-electron chi connectivity index (χ2n) is 7.33. The SMILES string of the molecule is Cc1c(C(=O)NCc2nccs2)sc2ncnc(NC[C@H]3CCc4ccccc4O3)c12. The van der Waals surface area contributed by atoms with E-state index >= 15 is 0 Å². The van der Waals surface area contributed by atoms with Crippen LogP contribution in [0.1, 0.15) is 32.2 Å². The summed E-state index contributed by atoms with van der Waals surface area (Å²) in [5.74, 6) is 1.58. The van der Waals surface area contributed by atoms with Crippen LogP contribution in [0.3, 0.4) is 0 Å². The number of nitrogens with one attached hydrogen (secondary N) is 2. The number of benzene rings is 1. The fourth-order valence-corrected chi connectivity index (χ4v) is 5.35. The van der Waals surface area contributed by atoms with Crippen LogP contribution in [0.15, 0.2) is 42.2 Å². The van der Waals surface area contributed by atoms with Crippen molar-refractivity contribution in [3.63, 3.8) is 0 Å². The van der Waals surface area contributed by atoms with Gasteiger partial charge in [-0.15, -0.1) is 22.7 Å². The number of anilines is 1. The van der Waals surface area contributed by atoms with Gasteiger partial charge in [0, 0.05) is 11.6 Å². The number of para-hydroxylation sites is 1. The maximum atomic E-state index is 12.8. The summed E-state index contributed by atoms with van der Waals surface area (Å²) in [6.45, 7) is 3.00. The second-order valence-corrected chi connectivity index (χ2v) is 9.31. The Morgan fingerprint density at radius 2 is 2.16 bits per heavy atom. The van der Waals surface area contributed by atoms with Crippen molar-refractivity contribution in [3.05, 3.63) is 63.2 Å². The Balaban J connectivity index is 1.31. The lowest BCUT2D eigenvalue weighted by Crippen LogP contribution is -2.30. The van der Waals surface area contributed by atoms with Crippen molar-refractivity contribution in [1.29, 1.82) is 0 Å². The van der Waals surface area contributed by atoms with Crippen molar-refractivity contribution >= 4 is 44.6 Å². The van der Waals surface area contributed by atoms with Gasteiger partial charge in [0.05, 0.1) is 23.4 Å². The number of hydrogen-bond donors (Lipinski definition) is 2. The molecule has 0 saturated carbocycles. The van der Waals surface area contributed by atoms with Gasteiger partial charge in [-0.3, -0.25) is 4.79 Å². The molecule has 5 rings (SSSR count). The first-order chi connectivity index (χ1) is 15.2. The number of aromatic nitrogens is 3. The van der Waals surface area contributed by atoms with E-state index in [0.29, 0.717) is 18.0 Å². The summed E-state index contributed by atoms with van der Waals surface area (Å²) in [6, 6.07) is 8.17. The molecule has 1 aliphatic heterocycles. The number of aryl methyl sites for hydroxylation is 2. The zero-order valence-electron chi connectivity index (χ0n) is 16.9. The monoisotopic (exact) mass is 451 g/mol. The molecule has 0 bridgehead atoms. The Kier molecular flexibility index (Phi) is 5.52. The van der Waals surface area contributed by atoms with Gasteiger partial charge in [-0.25, -0.2) is 15.0 Å². The van der Waals surface area contributed by atoms with Gasteiger partial charge in [-0.1, -0.05) is 18.2 Å². The lowest BCUT2D eigenvalue weighted by Gasteiger charge is -2.26. The molecular weight excluding hydrogens is 430 g/mol. The van der Waals surface area contributed by atoms with E-state index in [1.54, 1.807) is 6.20 Å². The molecule has 0 saturated heterocycles. The Hall–Kier alpha value is -3.04. The number of rotatable bonds is 6. The van der Waals surface area contributed by atoms with E-state index in [2.05, 4.69) is 31.7 Å². The molecule has 9 heteroatoms. The predicted octanol–water partition coefficient (Wildman–Crippen LogP) is 4.19. The third kappa shape index (κ3) is 4.11. The smallest absolute Gasteiger partial charge is 0.262 e. The van der Waals surface area contributed by atoms with Gasteiger partial charge in [0.1, 0.15) is 33.8 Å². The summed E-state index contributed by atoms with van der Waals surface area (Å²) in [7, 11) is 0. The van der Waals surface area contributed by atoms with Crippen molar-refractivity contribution in [3.8, 4) is 5.75 Å². The van der Waals surface area contributed by atoms with Crippen molar-refractivity contribution in [2.45, 2.75) is 32.4 Å². The number of carbonyl (C=O) groups is 1. The normalized spacial score (nSPS) is 15.3. The summed E-state index contributed by atoms with van der Waals surface area (Å²) in [6.07, 6.45) is 5.29. The molecule has 0 fully saturated rings. The Morgan fingerprint density at radius 3 is 3.03 bits per heavy atom. The third-order valence-corrected chi connectivity index (χ3v) is 7.29. The van der Waals surface area contributed by atoms with Gasteiger partial charge in [-0.05, 0) is 37.0 Å². The van der Waals surface area contributed by atoms with Crippen molar-refractivity contribution in [1.82, 2.24) is 20.3 Å². The van der Waals surface area contributed by atoms with Crippen LogP contribution >= 0.6 is 22.7 Å². The first kappa shape index (κ1) is 19.9. The van der Waals surface area contributed by atoms with Crippen molar-refractivity contribution in [2.75, 3.05) is 11.9 Å². The molecule has 0 spiro atoms. The van der Waals surface area contributed by atoms with Gasteiger partial charge in [0.15, 0.2) is 0 Å². The van der Waals surface area contributed by atoms with Crippen LogP contribution in [0, 0.1) is 6.92 Å². The molecule has 0 aliphatic carbocycles. The molecule has 1 aromatic carbocycles. The predicted molar refractivity (Wildman–Crippen MR) is 123 cm³/mol. The number of nitrogens with zero attached hydrogens (tertiary/aromatic N) is 3. The number of thiophene rings is 1. The average Bonchev–Trinajstić information content (AvgIpc) is 3.44. The van der Waals surface area contributed by atoms with E-state index in [4.69, 9.17) is 4.74 Å². The largest absolute Gasteiger partial charge is 0.488 e. The minimum atomic E-state index is -0.117. The highest BCUT2D eigenvalue weighted by molar-refractivity contribution is 7.20. The minimum Gasteiger partial charge on any atom is -0.488 e. The highest BCUT2D eigenvalue weighted by Crippen LogP contribution is 2.34. The van der Waals surface area contributed by atoms with Crippen LogP contribution in [-0.2, 0) is 13.0 Å². The minimum absolute atomic E-state index is 0.0694. The van der Waals surface area contributed by atoms with Crippen LogP contribution in [0.5, 0.6) is 5.75 Å². The van der Waals surface area contributed by atoms with E-state index in [-0.39, 0.29) is 12.0 Å². The Labute approximate surface area is 187 Å². The molecule has 1 amide bonds. The van der Waals surface area contributed by atoms with Gasteiger partial charge < -0.3 is 15.4 Å². The molecule has 31 heavy (non-hydrogen) atoms. The van der Waals surface area contributed by atoms with Gasteiger partial charge in [0.2, 0.25) is 0 Å². The first-order valence-corrected chi connectivity index (χ1v) is 11.8. The van der Waals surface area contributed by atoms with E-state index < -0.39 is 0 Å². The molecule has 7 nitrogen and oxygen atoms in total. The number of amides is 1. The van der Waals surface area contributed by atoms with E-state index in [1.165, 1.54) is 34.6 Å². The maximum absolute atomic E-state index is 12.8. The van der Waals surface area contributed by atoms with Crippen molar-refractivity contribution in [2.24, 2.45) is 0 Å². The molecule has 0 radical (unpaired) electrons. The van der Waals surface area contributed by atoms with Crippen LogP contribution in [0.4, 0.5) is 5.82 Å². The molecule has 1 aliphatic rings. The number of ether oxygens (including phenoxy) is 1. The van der Waals surface area contributed by atoms with Crippen LogP contribution in [0.25, 0.3) is 10.2 Å². The van der Waals surface area contributed by atoms with Gasteiger partial charge in [0.25, 0.3) is 5.91 Å². The molecule has 2 N–H and O–H groups in total. The second kappa shape index (κ2) is 8.60. The summed E-state index contributed by atoms with van der Waals surface area (Å²) < 4.78 is 6.13. The summed E-state index contributed by atoms with van der Waals surface area (Å²) in [5, 5.41) is 10.0. The van der Waals surface area contributed by atoms with Gasteiger partial charge in [-0.2, -0.15) is 0 Å². The quantitative estimate of drug-likeness (QED) is 0.457. The van der Waals surface area contributed by atoms with Gasteiger partial charge >= 0.3 is 0 Å². The summed E-state index contributed by atoms with van der Waals surface area (Å²) >= 11 is 2.91. The number of hydrogen-bond acceptors (Lipinski definition) is 8. The Bertz CT molecular complexity index is 1220. The molecule has 158 valence electrons. The molecule has 0 unspecified atom stereocenters. The Morgan fingerprint density at radius 1 is 1.26 bits per heavy atom. The number of fused-ring (bicyclic) bond motifs is 2. The fraction of sp³-hybridized carbons (Fsp3) is 0.273. The van der Waals surface area contributed by atoms with Crippen LogP contribution in [-0.4, -0.2) is 33.5 Å². The van der Waals surface area contributed by atoms with Crippen LogP contribution < -0.4 is 15.4 Å². The molecular formula is C22H21N5O2S2. The van der Waals surface area contributed by atoms with Crippen LogP contribution in [0.2, 0.25) is 0 Å². The van der Waals surface area contributed by atoms with E-state index in [9.17, 15) is 4.79 Å². The number of thiazole rings is 1. The third-order valence-electron chi connectivity index (χ3n) is 5.32. The number of carbonyl (C=O) groups excluding carboxylic acids is 1.